The molecule has 0 unspecified atom stereocenters. The van der Waals surface area contributed by atoms with Crippen LogP contribution in [0.2, 0.25) is 5.02 Å². The molecule has 0 aliphatic heterocycles. The molecule has 142 valence electrons. The minimum Gasteiger partial charge on any atom is -0.464 e. The molecular formula is C18H16ClFN2O5. The maximum atomic E-state index is 13.6. The van der Waals surface area contributed by atoms with Gasteiger partial charge in [0.25, 0.3) is 11.6 Å². The average Bonchev–Trinajstić information content (AvgIpc) is 2.60. The molecule has 2 aromatic rings. The number of nitrogens with zero attached hydrogens (tertiary/aromatic N) is 2. The number of carbonyl (C=O) groups is 2. The highest BCUT2D eigenvalue weighted by Gasteiger charge is 2.22. The van der Waals surface area contributed by atoms with Gasteiger partial charge in [0.1, 0.15) is 12.4 Å². The first kappa shape index (κ1) is 20.3. The van der Waals surface area contributed by atoms with Crippen molar-refractivity contribution in [2.24, 2.45) is 0 Å². The number of rotatable bonds is 7. The Morgan fingerprint density at radius 2 is 1.89 bits per heavy atom. The summed E-state index contributed by atoms with van der Waals surface area (Å²) >= 11 is 5.82. The predicted octanol–water partition coefficient (Wildman–Crippen LogP) is 3.59. The highest BCUT2D eigenvalue weighted by atomic mass is 35.5. The van der Waals surface area contributed by atoms with Crippen molar-refractivity contribution < 1.29 is 23.6 Å². The number of nitro benzene ring substituents is 1. The Balaban J connectivity index is 2.31. The summed E-state index contributed by atoms with van der Waals surface area (Å²) in [5.41, 5.74) is 0.0178. The zero-order chi connectivity index (χ0) is 20.0. The quantitative estimate of drug-likeness (QED) is 0.406. The lowest BCUT2D eigenvalue weighted by molar-refractivity contribution is -0.385. The van der Waals surface area contributed by atoms with E-state index in [1.165, 1.54) is 36.1 Å². The SMILES string of the molecule is CC(=O)OCCN(Cc1cc(F)ccc1[N+](=O)[O-])C(=O)c1ccc(Cl)cc1. The first-order valence-electron chi connectivity index (χ1n) is 7.89. The van der Waals surface area contributed by atoms with Crippen molar-refractivity contribution >= 4 is 29.2 Å². The van der Waals surface area contributed by atoms with Crippen LogP contribution in [0.25, 0.3) is 0 Å². The van der Waals surface area contributed by atoms with Gasteiger partial charge in [0.05, 0.1) is 23.6 Å². The summed E-state index contributed by atoms with van der Waals surface area (Å²) in [7, 11) is 0. The first-order chi connectivity index (χ1) is 12.8. The van der Waals surface area contributed by atoms with Gasteiger partial charge < -0.3 is 9.64 Å². The Bertz CT molecular complexity index is 857. The van der Waals surface area contributed by atoms with Gasteiger partial charge >= 0.3 is 5.97 Å². The van der Waals surface area contributed by atoms with Crippen LogP contribution >= 0.6 is 11.6 Å². The van der Waals surface area contributed by atoms with Gasteiger partial charge in [0.2, 0.25) is 0 Å². The molecule has 0 radical (unpaired) electrons. The van der Waals surface area contributed by atoms with Gasteiger partial charge in [-0.1, -0.05) is 11.6 Å². The highest BCUT2D eigenvalue weighted by Crippen LogP contribution is 2.22. The van der Waals surface area contributed by atoms with Crippen molar-refractivity contribution in [1.82, 2.24) is 4.90 Å². The maximum absolute atomic E-state index is 13.6. The number of carbonyl (C=O) groups excluding carboxylic acids is 2. The smallest absolute Gasteiger partial charge is 0.302 e. The number of hydrogen-bond donors (Lipinski definition) is 0. The van der Waals surface area contributed by atoms with Gasteiger partial charge in [-0.15, -0.1) is 0 Å². The zero-order valence-electron chi connectivity index (χ0n) is 14.4. The van der Waals surface area contributed by atoms with Gasteiger partial charge in [-0.2, -0.15) is 0 Å². The van der Waals surface area contributed by atoms with E-state index in [1.807, 2.05) is 0 Å². The van der Waals surface area contributed by atoms with Crippen LogP contribution < -0.4 is 0 Å². The Hall–Kier alpha value is -3.00. The molecule has 2 rings (SSSR count). The standard InChI is InChI=1S/C18H16ClFN2O5/c1-12(23)27-9-8-21(18(24)13-2-4-15(19)5-3-13)11-14-10-16(20)6-7-17(14)22(25)26/h2-7,10H,8-9,11H2,1H3. The van der Waals surface area contributed by atoms with Crippen molar-refractivity contribution in [3.8, 4) is 0 Å². The molecule has 27 heavy (non-hydrogen) atoms. The van der Waals surface area contributed by atoms with Crippen molar-refractivity contribution in [1.29, 1.82) is 0 Å². The Morgan fingerprint density at radius 3 is 2.48 bits per heavy atom. The van der Waals surface area contributed by atoms with Crippen LogP contribution in [0.15, 0.2) is 42.5 Å². The molecule has 9 heteroatoms. The molecule has 0 N–H and O–H groups in total. The van der Waals surface area contributed by atoms with Crippen LogP contribution in [-0.2, 0) is 16.1 Å². The molecule has 2 aromatic carbocycles. The van der Waals surface area contributed by atoms with Crippen molar-refractivity contribution in [2.75, 3.05) is 13.2 Å². The number of halogens is 2. The summed E-state index contributed by atoms with van der Waals surface area (Å²) in [4.78, 5) is 35.5. The summed E-state index contributed by atoms with van der Waals surface area (Å²) in [6.45, 7) is 0.881. The highest BCUT2D eigenvalue weighted by molar-refractivity contribution is 6.30. The van der Waals surface area contributed by atoms with Crippen LogP contribution in [0.3, 0.4) is 0 Å². The van der Waals surface area contributed by atoms with Crippen LogP contribution in [0.1, 0.15) is 22.8 Å². The summed E-state index contributed by atoms with van der Waals surface area (Å²) in [5.74, 6) is -1.64. The van der Waals surface area contributed by atoms with E-state index >= 15 is 0 Å². The third kappa shape index (κ3) is 5.75. The molecular weight excluding hydrogens is 379 g/mol. The van der Waals surface area contributed by atoms with E-state index in [4.69, 9.17) is 16.3 Å². The predicted molar refractivity (Wildman–Crippen MR) is 95.9 cm³/mol. The lowest BCUT2D eigenvalue weighted by Gasteiger charge is -2.23. The van der Waals surface area contributed by atoms with Gasteiger partial charge in [0, 0.05) is 23.6 Å². The number of esters is 1. The second-order valence-electron chi connectivity index (χ2n) is 5.60. The molecule has 0 atom stereocenters. The second-order valence-corrected chi connectivity index (χ2v) is 6.04. The van der Waals surface area contributed by atoms with Gasteiger partial charge in [-0.3, -0.25) is 19.7 Å². The molecule has 0 saturated carbocycles. The summed E-state index contributed by atoms with van der Waals surface area (Å²) in [6, 6.07) is 9.10. The molecule has 0 bridgehead atoms. The summed E-state index contributed by atoms with van der Waals surface area (Å²) < 4.78 is 18.4. The fourth-order valence-corrected chi connectivity index (χ4v) is 2.52. The number of amides is 1. The minimum absolute atomic E-state index is 0.0191. The number of benzene rings is 2. The molecule has 0 saturated heterocycles. The Morgan fingerprint density at radius 1 is 1.22 bits per heavy atom. The minimum atomic E-state index is -0.658. The van der Waals surface area contributed by atoms with Gasteiger partial charge in [0.15, 0.2) is 0 Å². The van der Waals surface area contributed by atoms with E-state index in [0.717, 1.165) is 18.2 Å². The van der Waals surface area contributed by atoms with Crippen molar-refractivity contribution in [3.05, 3.63) is 74.5 Å². The van der Waals surface area contributed by atoms with E-state index < -0.39 is 22.6 Å². The van der Waals surface area contributed by atoms with E-state index in [1.54, 1.807) is 0 Å². The summed E-state index contributed by atoms with van der Waals surface area (Å²) in [6.07, 6.45) is 0. The number of nitro groups is 1. The molecule has 0 heterocycles. The van der Waals surface area contributed by atoms with Crippen LogP contribution in [0.5, 0.6) is 0 Å². The second kappa shape index (κ2) is 9.09. The fourth-order valence-electron chi connectivity index (χ4n) is 2.39. The van der Waals surface area contributed by atoms with E-state index in [0.29, 0.717) is 10.6 Å². The Kier molecular flexibility index (Phi) is 6.84. The third-order valence-electron chi connectivity index (χ3n) is 3.64. The number of ether oxygens (including phenoxy) is 1. The first-order valence-corrected chi connectivity index (χ1v) is 8.26. The lowest BCUT2D eigenvalue weighted by atomic mass is 10.1. The van der Waals surface area contributed by atoms with E-state index in [2.05, 4.69) is 0 Å². The zero-order valence-corrected chi connectivity index (χ0v) is 15.1. The molecule has 0 fully saturated rings. The van der Waals surface area contributed by atoms with Crippen LogP contribution in [0, 0.1) is 15.9 Å². The average molecular weight is 395 g/mol. The molecule has 1 amide bonds. The largest absolute Gasteiger partial charge is 0.464 e. The van der Waals surface area contributed by atoms with E-state index in [-0.39, 0.29) is 30.9 Å². The fraction of sp³-hybridized carbons (Fsp3) is 0.222. The van der Waals surface area contributed by atoms with Crippen LogP contribution in [0.4, 0.5) is 10.1 Å². The topological polar surface area (TPSA) is 89.8 Å². The molecule has 0 spiro atoms. The van der Waals surface area contributed by atoms with Crippen LogP contribution in [-0.4, -0.2) is 34.9 Å². The van der Waals surface area contributed by atoms with Gasteiger partial charge in [-0.05, 0) is 36.4 Å². The third-order valence-corrected chi connectivity index (χ3v) is 3.90. The lowest BCUT2D eigenvalue weighted by Crippen LogP contribution is -2.34. The maximum Gasteiger partial charge on any atom is 0.302 e. The summed E-state index contributed by atoms with van der Waals surface area (Å²) in [5, 5.41) is 11.6. The molecule has 0 aromatic heterocycles. The number of hydrogen-bond acceptors (Lipinski definition) is 5. The molecule has 7 nitrogen and oxygen atoms in total. The molecule has 0 aliphatic carbocycles. The van der Waals surface area contributed by atoms with Gasteiger partial charge in [-0.25, -0.2) is 4.39 Å². The Labute approximate surface area is 159 Å². The van der Waals surface area contributed by atoms with Crippen molar-refractivity contribution in [2.45, 2.75) is 13.5 Å². The van der Waals surface area contributed by atoms with E-state index in [9.17, 15) is 24.1 Å². The molecule has 0 aliphatic rings. The monoisotopic (exact) mass is 394 g/mol. The normalized spacial score (nSPS) is 10.3. The van der Waals surface area contributed by atoms with Crippen molar-refractivity contribution in [3.63, 3.8) is 0 Å².